The molecule has 0 aliphatic heterocycles. The van der Waals surface area contributed by atoms with Gasteiger partial charge in [0.05, 0.1) is 5.52 Å². The number of ether oxygens (including phenoxy) is 1. The first kappa shape index (κ1) is 16.1. The van der Waals surface area contributed by atoms with Gasteiger partial charge in [0.2, 0.25) is 0 Å². The fourth-order valence-electron chi connectivity index (χ4n) is 2.87. The number of nitrogens with two attached hydrogens (primary N) is 1. The van der Waals surface area contributed by atoms with Gasteiger partial charge in [0.15, 0.2) is 12.4 Å². The molecule has 26 heavy (non-hydrogen) atoms. The third-order valence-electron chi connectivity index (χ3n) is 4.03. The molecule has 0 radical (unpaired) electrons. The number of quaternary nitrogens is 1. The number of carbonyl (C=O) groups excluding carboxylic acids is 1. The third-order valence-corrected chi connectivity index (χ3v) is 4.03. The summed E-state index contributed by atoms with van der Waals surface area (Å²) in [7, 11) is 1.50. The zero-order valence-electron chi connectivity index (χ0n) is 14.1. The number of primary amides is 1. The number of rotatable bonds is 5. The van der Waals surface area contributed by atoms with Crippen LogP contribution in [0.4, 0.5) is 5.69 Å². The van der Waals surface area contributed by atoms with Crippen LogP contribution in [-0.4, -0.2) is 45.0 Å². The Labute approximate surface area is 148 Å². The first-order valence-corrected chi connectivity index (χ1v) is 8.05. The second-order valence-electron chi connectivity index (χ2n) is 5.84. The molecule has 8 nitrogen and oxygen atoms in total. The molecule has 4 rings (SSSR count). The number of methoxy groups -OCH3 is 1. The van der Waals surface area contributed by atoms with Gasteiger partial charge in [-0.05, 0) is 24.3 Å². The first-order chi connectivity index (χ1) is 12.7. The first-order valence-electron chi connectivity index (χ1n) is 8.05. The van der Waals surface area contributed by atoms with E-state index in [1.807, 2.05) is 42.5 Å². The molecule has 0 atom stereocenters. The Morgan fingerprint density at radius 1 is 1.15 bits per heavy atom. The lowest BCUT2D eigenvalue weighted by Crippen LogP contribution is -2.83. The Morgan fingerprint density at radius 2 is 2.08 bits per heavy atom. The fourth-order valence-corrected chi connectivity index (χ4v) is 2.87. The lowest BCUT2D eigenvalue weighted by molar-refractivity contribution is -0.485. The number of hydrogen-bond donors (Lipinski definition) is 3. The minimum atomic E-state index is -0.0795. The maximum Gasteiger partial charge on any atom is 0.341 e. The summed E-state index contributed by atoms with van der Waals surface area (Å²) in [4.78, 5) is 16.0. The van der Waals surface area contributed by atoms with Crippen molar-refractivity contribution in [2.75, 3.05) is 13.7 Å². The zero-order valence-corrected chi connectivity index (χ0v) is 14.1. The van der Waals surface area contributed by atoms with Crippen molar-refractivity contribution < 1.29 is 14.8 Å². The van der Waals surface area contributed by atoms with Crippen LogP contribution >= 0.6 is 0 Å². The van der Waals surface area contributed by atoms with Crippen molar-refractivity contribution in [1.82, 2.24) is 25.4 Å². The lowest BCUT2D eigenvalue weighted by atomic mass is 10.0. The van der Waals surface area contributed by atoms with Crippen LogP contribution in [0.1, 0.15) is 0 Å². The number of nitrogens with zero attached hydrogens (tertiary/aromatic N) is 3. The summed E-state index contributed by atoms with van der Waals surface area (Å²) >= 11 is 0. The molecule has 0 spiro atoms. The second kappa shape index (κ2) is 6.87. The van der Waals surface area contributed by atoms with Crippen LogP contribution in [0.3, 0.4) is 0 Å². The van der Waals surface area contributed by atoms with E-state index in [4.69, 9.17) is 4.74 Å². The molecule has 130 valence electrons. The Balaban J connectivity index is 1.72. The Bertz CT molecular complexity index is 1050. The number of amides is 1. The molecule has 1 amide bonds. The highest BCUT2D eigenvalue weighted by molar-refractivity contribution is 5.95. The third kappa shape index (κ3) is 3.10. The van der Waals surface area contributed by atoms with Gasteiger partial charge < -0.3 is 4.74 Å². The molecule has 2 aromatic heterocycles. The van der Waals surface area contributed by atoms with E-state index in [1.165, 1.54) is 13.4 Å². The van der Waals surface area contributed by atoms with Crippen LogP contribution in [0, 0.1) is 0 Å². The van der Waals surface area contributed by atoms with E-state index in [-0.39, 0.29) is 12.5 Å². The number of fused-ring (bicyclic) bond motifs is 1. The van der Waals surface area contributed by atoms with E-state index in [1.54, 1.807) is 5.32 Å². The van der Waals surface area contributed by atoms with Gasteiger partial charge in [-0.2, -0.15) is 10.2 Å². The molecule has 0 aliphatic rings. The average Bonchev–Trinajstić information content (AvgIpc) is 3.31. The highest BCUT2D eigenvalue weighted by Crippen LogP contribution is 2.29. The van der Waals surface area contributed by atoms with Crippen molar-refractivity contribution in [3.05, 3.63) is 48.8 Å². The molecular weight excluding hydrogens is 332 g/mol. The van der Waals surface area contributed by atoms with Crippen molar-refractivity contribution in [2.24, 2.45) is 0 Å². The fraction of sp³-hybridized carbons (Fsp3) is 0.111. The van der Waals surface area contributed by atoms with Gasteiger partial charge in [0.1, 0.15) is 17.7 Å². The molecule has 2 aromatic carbocycles. The minimum Gasteiger partial charge on any atom is -0.370 e. The summed E-state index contributed by atoms with van der Waals surface area (Å²) in [5.41, 5.74) is 4.40. The quantitative estimate of drug-likeness (QED) is 0.471. The minimum absolute atomic E-state index is 0.0656. The number of hydrogen-bond acceptors (Lipinski definition) is 5. The normalized spacial score (nSPS) is 11.1. The lowest BCUT2D eigenvalue weighted by Gasteiger charge is -2.03. The summed E-state index contributed by atoms with van der Waals surface area (Å²) in [6.45, 7) is 0.0656. The van der Waals surface area contributed by atoms with Gasteiger partial charge in [-0.25, -0.2) is 15.1 Å². The highest BCUT2D eigenvalue weighted by Gasteiger charge is 2.13. The number of carbonyl (C=O) groups is 1. The Morgan fingerprint density at radius 3 is 2.88 bits per heavy atom. The average molecular weight is 349 g/mol. The highest BCUT2D eigenvalue weighted by atomic mass is 16.5. The molecule has 0 aliphatic carbocycles. The van der Waals surface area contributed by atoms with E-state index in [0.717, 1.165) is 33.4 Å². The van der Waals surface area contributed by atoms with E-state index in [9.17, 15) is 4.79 Å². The van der Waals surface area contributed by atoms with Gasteiger partial charge >= 0.3 is 5.91 Å². The molecule has 0 fully saturated rings. The number of aromatic nitrogens is 5. The summed E-state index contributed by atoms with van der Waals surface area (Å²) in [6, 6.07) is 13.6. The maximum absolute atomic E-state index is 11.8. The van der Waals surface area contributed by atoms with E-state index >= 15 is 0 Å². The Kier molecular flexibility index (Phi) is 4.26. The molecule has 0 saturated heterocycles. The molecule has 8 heteroatoms. The smallest absolute Gasteiger partial charge is 0.341 e. The SMILES string of the molecule is COCC(=O)[NH2+]c1cccc(-c2n[nH]c3ccc(-c4ncn[nH]4)cc23)c1. The van der Waals surface area contributed by atoms with Crippen LogP contribution in [0.15, 0.2) is 48.8 Å². The molecule has 2 heterocycles. The number of H-pyrrole nitrogens is 2. The van der Waals surface area contributed by atoms with Gasteiger partial charge in [0.25, 0.3) is 0 Å². The van der Waals surface area contributed by atoms with Crippen LogP contribution in [0.5, 0.6) is 0 Å². The van der Waals surface area contributed by atoms with Crippen LogP contribution < -0.4 is 5.32 Å². The summed E-state index contributed by atoms with van der Waals surface area (Å²) in [5.74, 6) is 0.621. The van der Waals surface area contributed by atoms with Crippen molar-refractivity contribution in [2.45, 2.75) is 0 Å². The maximum atomic E-state index is 11.8. The van der Waals surface area contributed by atoms with Gasteiger partial charge in [-0.1, -0.05) is 12.1 Å². The van der Waals surface area contributed by atoms with Crippen LogP contribution in [-0.2, 0) is 9.53 Å². The molecular formula is C18H17N6O2+. The van der Waals surface area contributed by atoms with Crippen LogP contribution in [0.25, 0.3) is 33.5 Å². The monoisotopic (exact) mass is 349 g/mol. The van der Waals surface area contributed by atoms with E-state index in [0.29, 0.717) is 5.82 Å². The summed E-state index contributed by atoms with van der Waals surface area (Å²) in [6.07, 6.45) is 1.48. The van der Waals surface area contributed by atoms with Crippen molar-refractivity contribution in [3.8, 4) is 22.6 Å². The predicted octanol–water partition coefficient (Wildman–Crippen LogP) is 1.38. The molecule has 4 N–H and O–H groups in total. The molecule has 0 bridgehead atoms. The molecule has 0 unspecified atom stereocenters. The number of aromatic amines is 2. The standard InChI is InChI=1S/C18H16N6O2/c1-26-9-16(25)21-13-4-2-3-11(7-13)17-14-8-12(18-19-10-20-24-18)5-6-15(14)22-23-17/h2-8,10H,9H2,1H3,(H,21,25)(H,22,23)(H,19,20,24)/p+1. The largest absolute Gasteiger partial charge is 0.370 e. The number of nitrogens with one attached hydrogen (secondary N) is 2. The topological polar surface area (TPSA) is 113 Å². The summed E-state index contributed by atoms with van der Waals surface area (Å²) in [5, 5.41) is 16.8. The zero-order chi connectivity index (χ0) is 17.9. The van der Waals surface area contributed by atoms with Crippen LogP contribution in [0.2, 0.25) is 0 Å². The van der Waals surface area contributed by atoms with Crippen molar-refractivity contribution >= 4 is 22.5 Å². The number of benzene rings is 2. The van der Waals surface area contributed by atoms with E-state index in [2.05, 4.69) is 25.4 Å². The van der Waals surface area contributed by atoms with Crippen molar-refractivity contribution in [1.29, 1.82) is 0 Å². The molecule has 0 saturated carbocycles. The Hall–Kier alpha value is -3.36. The predicted molar refractivity (Wildman–Crippen MR) is 95.4 cm³/mol. The second-order valence-corrected chi connectivity index (χ2v) is 5.84. The molecule has 4 aromatic rings. The van der Waals surface area contributed by atoms with Gasteiger partial charge in [0, 0.05) is 29.7 Å². The van der Waals surface area contributed by atoms with Gasteiger partial charge in [-0.15, -0.1) is 0 Å². The summed E-state index contributed by atoms with van der Waals surface area (Å²) < 4.78 is 4.87. The van der Waals surface area contributed by atoms with Gasteiger partial charge in [-0.3, -0.25) is 10.2 Å². The van der Waals surface area contributed by atoms with Crippen molar-refractivity contribution in [3.63, 3.8) is 0 Å². The van der Waals surface area contributed by atoms with E-state index < -0.39 is 0 Å².